The molecule has 0 aliphatic carbocycles. The Morgan fingerprint density at radius 3 is 1.97 bits per heavy atom. The number of amides is 1. The van der Waals surface area contributed by atoms with Crippen molar-refractivity contribution in [1.82, 2.24) is 15.3 Å². The lowest BCUT2D eigenvalue weighted by atomic mass is 9.96. The summed E-state index contributed by atoms with van der Waals surface area (Å²) in [5.74, 6) is 4.23. The van der Waals surface area contributed by atoms with Gasteiger partial charge in [0.1, 0.15) is 0 Å². The van der Waals surface area contributed by atoms with Crippen molar-refractivity contribution >= 4 is 73.0 Å². The van der Waals surface area contributed by atoms with E-state index in [0.29, 0.717) is 6.54 Å². The number of hydrogen-bond donors (Lipinski definition) is 3. The zero-order valence-electron chi connectivity index (χ0n) is 18.2. The fourth-order valence-electron chi connectivity index (χ4n) is 5.01. The number of aromatic amines is 2. The van der Waals surface area contributed by atoms with Crippen LogP contribution in [0.15, 0.2) is 36.4 Å². The molecule has 6 rings (SSSR count). The zero-order valence-corrected chi connectivity index (χ0v) is 19.9. The number of thioether (sulfide) groups is 2. The third kappa shape index (κ3) is 2.96. The van der Waals surface area contributed by atoms with E-state index < -0.39 is 0 Å². The minimum absolute atomic E-state index is 0.0354. The third-order valence-corrected chi connectivity index (χ3v) is 8.32. The molecule has 0 radical (unpaired) electrons. The average molecular weight is 460 g/mol. The molecule has 1 amide bonds. The summed E-state index contributed by atoms with van der Waals surface area (Å²) >= 11 is 3.85. The Bertz CT molecular complexity index is 1530. The van der Waals surface area contributed by atoms with Gasteiger partial charge in [0.05, 0.1) is 16.6 Å². The van der Waals surface area contributed by atoms with E-state index in [1.807, 2.05) is 23.5 Å². The second-order valence-corrected chi connectivity index (χ2v) is 10.9. The van der Waals surface area contributed by atoms with Crippen molar-refractivity contribution in [2.75, 3.05) is 11.5 Å². The van der Waals surface area contributed by atoms with Crippen LogP contribution in [0.5, 0.6) is 0 Å². The monoisotopic (exact) mass is 459 g/mol. The molecule has 1 aliphatic heterocycles. The van der Waals surface area contributed by atoms with E-state index in [-0.39, 0.29) is 5.91 Å². The minimum Gasteiger partial charge on any atom is -0.353 e. The summed E-state index contributed by atoms with van der Waals surface area (Å²) in [5, 5.41) is 7.68. The quantitative estimate of drug-likeness (QED) is 0.265. The summed E-state index contributed by atoms with van der Waals surface area (Å²) in [6, 6.07) is 13.3. The summed E-state index contributed by atoms with van der Waals surface area (Å²) in [5.41, 5.74) is 8.93. The molecule has 3 N–H and O–H groups in total. The van der Waals surface area contributed by atoms with Gasteiger partial charge in [-0.15, -0.1) is 0 Å². The topological polar surface area (TPSA) is 60.7 Å². The van der Waals surface area contributed by atoms with Gasteiger partial charge in [0, 0.05) is 50.6 Å². The molecule has 2 aromatic heterocycles. The summed E-state index contributed by atoms with van der Waals surface area (Å²) in [6.07, 6.45) is 0. The van der Waals surface area contributed by atoms with Crippen LogP contribution in [0.4, 0.5) is 0 Å². The molecule has 0 unspecified atom stereocenters. The van der Waals surface area contributed by atoms with Crippen LogP contribution in [0.2, 0.25) is 0 Å². The fourth-order valence-corrected chi connectivity index (χ4v) is 6.24. The smallest absolute Gasteiger partial charge is 0.252 e. The Labute approximate surface area is 194 Å². The standard InChI is InChI=1S/C26H25N3OS2/c1-3-31-12-14-5-7-19-16(9-14)21-18-11-27-26(30)23(18)22-17-10-15(13-32-4-2)6-8-20(17)29-25(22)24(21)28-19/h5-10,28-29H,3-4,11-13H2,1-2H3,(H,27,30). The van der Waals surface area contributed by atoms with E-state index in [1.54, 1.807) is 0 Å². The maximum Gasteiger partial charge on any atom is 0.252 e. The molecule has 32 heavy (non-hydrogen) atoms. The molecule has 0 fully saturated rings. The SMILES string of the molecule is CCSCc1ccc2[nH]c3c4[nH]c5ccc(CSCC)cc5c4c4c(c3c2c1)CNC4=O. The average Bonchev–Trinajstić information content (AvgIpc) is 3.48. The van der Waals surface area contributed by atoms with Gasteiger partial charge >= 0.3 is 0 Å². The molecular formula is C26H25N3OS2. The van der Waals surface area contributed by atoms with Gasteiger partial charge in [-0.1, -0.05) is 26.0 Å². The van der Waals surface area contributed by atoms with Crippen molar-refractivity contribution < 1.29 is 4.79 Å². The van der Waals surface area contributed by atoms with Crippen LogP contribution in [0.3, 0.4) is 0 Å². The molecule has 5 aromatic rings. The van der Waals surface area contributed by atoms with Crippen LogP contribution in [0.1, 0.15) is 40.9 Å². The van der Waals surface area contributed by atoms with Gasteiger partial charge in [0.15, 0.2) is 0 Å². The number of hydrogen-bond acceptors (Lipinski definition) is 3. The van der Waals surface area contributed by atoms with Crippen molar-refractivity contribution in [3.63, 3.8) is 0 Å². The van der Waals surface area contributed by atoms with Crippen molar-refractivity contribution in [3.8, 4) is 0 Å². The lowest BCUT2D eigenvalue weighted by molar-refractivity contribution is 0.0967. The molecule has 162 valence electrons. The van der Waals surface area contributed by atoms with E-state index >= 15 is 0 Å². The van der Waals surface area contributed by atoms with Crippen LogP contribution >= 0.6 is 23.5 Å². The number of carbonyl (C=O) groups is 1. The first-order valence-corrected chi connectivity index (χ1v) is 13.5. The highest BCUT2D eigenvalue weighted by molar-refractivity contribution is 7.98. The Morgan fingerprint density at radius 1 is 0.812 bits per heavy atom. The first-order valence-electron chi connectivity index (χ1n) is 11.2. The van der Waals surface area contributed by atoms with Crippen molar-refractivity contribution in [2.24, 2.45) is 0 Å². The summed E-state index contributed by atoms with van der Waals surface area (Å²) < 4.78 is 0. The number of carbonyl (C=O) groups excluding carboxylic acids is 1. The number of rotatable bonds is 6. The van der Waals surface area contributed by atoms with Gasteiger partial charge in [-0.2, -0.15) is 23.5 Å². The van der Waals surface area contributed by atoms with Gasteiger partial charge < -0.3 is 15.3 Å². The zero-order chi connectivity index (χ0) is 21.8. The normalized spacial score (nSPS) is 13.6. The largest absolute Gasteiger partial charge is 0.353 e. The molecule has 0 atom stereocenters. The molecule has 0 saturated heterocycles. The summed E-state index contributed by atoms with van der Waals surface area (Å²) in [7, 11) is 0. The Hall–Kier alpha value is -2.57. The van der Waals surface area contributed by atoms with Gasteiger partial charge in [-0.3, -0.25) is 4.79 Å². The van der Waals surface area contributed by atoms with Crippen LogP contribution in [-0.2, 0) is 18.1 Å². The van der Waals surface area contributed by atoms with E-state index in [2.05, 4.69) is 65.5 Å². The Balaban J connectivity index is 1.69. The van der Waals surface area contributed by atoms with Gasteiger partial charge in [0.2, 0.25) is 0 Å². The number of aromatic nitrogens is 2. The van der Waals surface area contributed by atoms with E-state index in [9.17, 15) is 4.79 Å². The highest BCUT2D eigenvalue weighted by Gasteiger charge is 2.29. The maximum atomic E-state index is 13.0. The highest BCUT2D eigenvalue weighted by atomic mass is 32.2. The van der Waals surface area contributed by atoms with Crippen LogP contribution in [-0.4, -0.2) is 27.4 Å². The predicted octanol–water partition coefficient (Wildman–Crippen LogP) is 6.71. The van der Waals surface area contributed by atoms with Crippen molar-refractivity contribution in [1.29, 1.82) is 0 Å². The Morgan fingerprint density at radius 2 is 1.38 bits per heavy atom. The second-order valence-electron chi connectivity index (χ2n) is 8.32. The maximum absolute atomic E-state index is 13.0. The third-order valence-electron chi connectivity index (χ3n) is 6.43. The molecule has 3 heterocycles. The molecule has 3 aromatic carbocycles. The van der Waals surface area contributed by atoms with Crippen molar-refractivity contribution in [2.45, 2.75) is 31.9 Å². The van der Waals surface area contributed by atoms with Crippen molar-refractivity contribution in [3.05, 3.63) is 58.7 Å². The minimum atomic E-state index is 0.0354. The number of nitrogens with one attached hydrogen (secondary N) is 3. The van der Waals surface area contributed by atoms with Gasteiger partial charge in [-0.25, -0.2) is 0 Å². The Kier molecular flexibility index (Phi) is 4.88. The number of H-pyrrole nitrogens is 2. The van der Waals surface area contributed by atoms with Crippen LogP contribution < -0.4 is 5.32 Å². The van der Waals surface area contributed by atoms with Gasteiger partial charge in [-0.05, 0) is 52.5 Å². The van der Waals surface area contributed by atoms with Crippen LogP contribution in [0, 0.1) is 0 Å². The lowest BCUT2D eigenvalue weighted by Crippen LogP contribution is -2.12. The molecule has 0 spiro atoms. The van der Waals surface area contributed by atoms with Crippen LogP contribution in [0.25, 0.3) is 43.6 Å². The van der Waals surface area contributed by atoms with E-state index in [4.69, 9.17) is 0 Å². The van der Waals surface area contributed by atoms with E-state index in [1.165, 1.54) is 21.9 Å². The summed E-state index contributed by atoms with van der Waals surface area (Å²) in [6.45, 7) is 4.96. The highest BCUT2D eigenvalue weighted by Crippen LogP contribution is 2.42. The molecule has 1 aliphatic rings. The van der Waals surface area contributed by atoms with E-state index in [0.717, 1.165) is 67.0 Å². The predicted molar refractivity (Wildman–Crippen MR) is 140 cm³/mol. The first-order chi connectivity index (χ1) is 15.7. The molecule has 6 heteroatoms. The molecule has 0 bridgehead atoms. The number of benzene rings is 3. The molecule has 4 nitrogen and oxygen atoms in total. The lowest BCUT2D eigenvalue weighted by Gasteiger charge is -2.05. The number of fused-ring (bicyclic) bond motifs is 10. The fraction of sp³-hybridized carbons (Fsp3) is 0.269. The second kappa shape index (κ2) is 7.78. The summed E-state index contributed by atoms with van der Waals surface area (Å²) in [4.78, 5) is 20.4. The van der Waals surface area contributed by atoms with Gasteiger partial charge in [0.25, 0.3) is 5.91 Å². The molecular weight excluding hydrogens is 434 g/mol. The molecule has 0 saturated carbocycles. The first kappa shape index (κ1) is 20.1.